The van der Waals surface area contributed by atoms with Crippen molar-refractivity contribution in [3.63, 3.8) is 0 Å². The van der Waals surface area contributed by atoms with Gasteiger partial charge in [0.25, 0.3) is 0 Å². The second-order valence-electron chi connectivity index (χ2n) is 4.62. The van der Waals surface area contributed by atoms with Gasteiger partial charge in [-0.15, -0.1) is 11.3 Å². The van der Waals surface area contributed by atoms with E-state index in [-0.39, 0.29) is 11.7 Å². The smallest absolute Gasteiger partial charge is 0.387 e. The van der Waals surface area contributed by atoms with E-state index in [1.54, 1.807) is 12.1 Å². The fourth-order valence-corrected chi connectivity index (χ4v) is 2.77. The van der Waals surface area contributed by atoms with Crippen LogP contribution in [0.2, 0.25) is 0 Å². The van der Waals surface area contributed by atoms with Gasteiger partial charge in [-0.1, -0.05) is 6.92 Å². The Balaban J connectivity index is 2.15. The van der Waals surface area contributed by atoms with Crippen molar-refractivity contribution >= 4 is 22.4 Å². The van der Waals surface area contributed by atoms with Gasteiger partial charge >= 0.3 is 6.61 Å². The van der Waals surface area contributed by atoms with Gasteiger partial charge in [-0.3, -0.25) is 4.79 Å². The SMILES string of the molecule is CCCC(=O)Nc1nc(-c2ccc(OC(F)F)cc2)c(C)s1. The summed E-state index contributed by atoms with van der Waals surface area (Å²) < 4.78 is 28.6. The molecule has 7 heteroatoms. The first kappa shape index (κ1) is 16.4. The molecule has 1 aromatic heterocycles. The number of thiazole rings is 1. The van der Waals surface area contributed by atoms with E-state index in [1.807, 2.05) is 13.8 Å². The first-order valence-corrected chi connectivity index (χ1v) is 7.63. The first-order valence-electron chi connectivity index (χ1n) is 6.82. The molecule has 0 unspecified atom stereocenters. The third kappa shape index (κ3) is 4.24. The molecular formula is C15H16F2N2O2S. The van der Waals surface area contributed by atoms with Crippen LogP contribution in [-0.2, 0) is 4.79 Å². The molecule has 0 bridgehead atoms. The highest BCUT2D eigenvalue weighted by atomic mass is 32.1. The molecule has 118 valence electrons. The summed E-state index contributed by atoms with van der Waals surface area (Å²) >= 11 is 1.38. The highest BCUT2D eigenvalue weighted by molar-refractivity contribution is 7.16. The third-order valence-electron chi connectivity index (χ3n) is 2.87. The van der Waals surface area contributed by atoms with E-state index >= 15 is 0 Å². The van der Waals surface area contributed by atoms with Gasteiger partial charge in [0.15, 0.2) is 5.13 Å². The normalized spacial score (nSPS) is 10.8. The van der Waals surface area contributed by atoms with Crippen molar-refractivity contribution in [1.29, 1.82) is 0 Å². The second-order valence-corrected chi connectivity index (χ2v) is 5.83. The van der Waals surface area contributed by atoms with Crippen LogP contribution in [0, 0.1) is 6.92 Å². The largest absolute Gasteiger partial charge is 0.435 e. The van der Waals surface area contributed by atoms with Crippen molar-refractivity contribution in [2.24, 2.45) is 0 Å². The lowest BCUT2D eigenvalue weighted by Crippen LogP contribution is -2.10. The number of hydrogen-bond acceptors (Lipinski definition) is 4. The minimum absolute atomic E-state index is 0.0662. The summed E-state index contributed by atoms with van der Waals surface area (Å²) in [6.45, 7) is 0.986. The number of halogens is 2. The van der Waals surface area contributed by atoms with Crippen molar-refractivity contribution in [3.05, 3.63) is 29.1 Å². The summed E-state index contributed by atoms with van der Waals surface area (Å²) in [5.41, 5.74) is 1.51. The Kier molecular flexibility index (Phi) is 5.43. The van der Waals surface area contributed by atoms with E-state index in [1.165, 1.54) is 23.5 Å². The Bertz CT molecular complexity index is 641. The number of carbonyl (C=O) groups is 1. The average molecular weight is 326 g/mol. The number of amides is 1. The Morgan fingerprint density at radius 1 is 1.36 bits per heavy atom. The topological polar surface area (TPSA) is 51.2 Å². The second kappa shape index (κ2) is 7.31. The number of aryl methyl sites for hydroxylation is 1. The lowest BCUT2D eigenvalue weighted by molar-refractivity contribution is -0.116. The van der Waals surface area contributed by atoms with E-state index in [2.05, 4.69) is 15.0 Å². The van der Waals surface area contributed by atoms with Crippen LogP contribution in [0.3, 0.4) is 0 Å². The highest BCUT2D eigenvalue weighted by Gasteiger charge is 2.12. The molecule has 1 aromatic carbocycles. The van der Waals surface area contributed by atoms with Crippen LogP contribution in [0.25, 0.3) is 11.3 Å². The number of hydrogen-bond donors (Lipinski definition) is 1. The van der Waals surface area contributed by atoms with Gasteiger partial charge in [0.1, 0.15) is 5.75 Å². The molecule has 0 saturated carbocycles. The zero-order valence-electron chi connectivity index (χ0n) is 12.2. The lowest BCUT2D eigenvalue weighted by Gasteiger charge is -2.05. The first-order chi connectivity index (χ1) is 10.5. The predicted molar refractivity (Wildman–Crippen MR) is 82.5 cm³/mol. The van der Waals surface area contributed by atoms with Crippen molar-refractivity contribution in [1.82, 2.24) is 4.98 Å². The van der Waals surface area contributed by atoms with Gasteiger partial charge in [0.05, 0.1) is 5.69 Å². The molecule has 2 rings (SSSR count). The summed E-state index contributed by atoms with van der Waals surface area (Å²) in [4.78, 5) is 16.9. The fraction of sp³-hybridized carbons (Fsp3) is 0.333. The number of nitrogens with one attached hydrogen (secondary N) is 1. The molecule has 1 heterocycles. The number of nitrogens with zero attached hydrogens (tertiary/aromatic N) is 1. The number of ether oxygens (including phenoxy) is 1. The van der Waals surface area contributed by atoms with Crippen LogP contribution >= 0.6 is 11.3 Å². The molecule has 0 aliphatic carbocycles. The van der Waals surface area contributed by atoms with E-state index < -0.39 is 6.61 Å². The molecule has 22 heavy (non-hydrogen) atoms. The molecule has 0 atom stereocenters. The molecule has 0 spiro atoms. The molecule has 1 N–H and O–H groups in total. The van der Waals surface area contributed by atoms with Crippen LogP contribution in [0.15, 0.2) is 24.3 Å². The van der Waals surface area contributed by atoms with Crippen LogP contribution in [-0.4, -0.2) is 17.5 Å². The fourth-order valence-electron chi connectivity index (χ4n) is 1.92. The van der Waals surface area contributed by atoms with Gasteiger partial charge in [0, 0.05) is 16.9 Å². The maximum atomic E-state index is 12.1. The van der Waals surface area contributed by atoms with Gasteiger partial charge in [0.2, 0.25) is 5.91 Å². The van der Waals surface area contributed by atoms with Gasteiger partial charge in [-0.05, 0) is 37.6 Å². The van der Waals surface area contributed by atoms with Crippen molar-refractivity contribution in [3.8, 4) is 17.0 Å². The number of alkyl halides is 2. The predicted octanol–water partition coefficient (Wildman–Crippen LogP) is 4.46. The van der Waals surface area contributed by atoms with Crippen molar-refractivity contribution < 1.29 is 18.3 Å². The number of carbonyl (C=O) groups excluding carboxylic acids is 1. The molecular weight excluding hydrogens is 310 g/mol. The van der Waals surface area contributed by atoms with Crippen LogP contribution in [0.4, 0.5) is 13.9 Å². The summed E-state index contributed by atoms with van der Waals surface area (Å²) in [5.74, 6) is 0.0339. The molecule has 0 saturated heterocycles. The van der Waals surface area contributed by atoms with Crippen molar-refractivity contribution in [2.75, 3.05) is 5.32 Å². The number of aromatic nitrogens is 1. The molecule has 0 aliphatic rings. The molecule has 4 nitrogen and oxygen atoms in total. The zero-order valence-corrected chi connectivity index (χ0v) is 13.0. The highest BCUT2D eigenvalue weighted by Crippen LogP contribution is 2.31. The summed E-state index contributed by atoms with van der Waals surface area (Å²) in [7, 11) is 0. The number of anilines is 1. The van der Waals surface area contributed by atoms with E-state index in [0.717, 1.165) is 22.6 Å². The van der Waals surface area contributed by atoms with Crippen LogP contribution < -0.4 is 10.1 Å². The van der Waals surface area contributed by atoms with E-state index in [0.29, 0.717) is 11.6 Å². The quantitative estimate of drug-likeness (QED) is 0.853. The van der Waals surface area contributed by atoms with Crippen LogP contribution in [0.1, 0.15) is 24.6 Å². The standard InChI is InChI=1S/C15H16F2N2O2S/c1-3-4-12(20)18-15-19-13(9(2)22-15)10-5-7-11(8-6-10)21-14(16)17/h5-8,14H,3-4H2,1-2H3,(H,18,19,20). The summed E-state index contributed by atoms with van der Waals surface area (Å²) in [6.07, 6.45) is 1.22. The number of benzene rings is 1. The Morgan fingerprint density at radius 3 is 2.64 bits per heavy atom. The monoisotopic (exact) mass is 326 g/mol. The minimum Gasteiger partial charge on any atom is -0.435 e. The Hall–Kier alpha value is -2.02. The molecule has 0 fully saturated rings. The minimum atomic E-state index is -2.84. The maximum absolute atomic E-state index is 12.1. The van der Waals surface area contributed by atoms with Gasteiger partial charge in [-0.25, -0.2) is 4.98 Å². The average Bonchev–Trinajstić information content (AvgIpc) is 2.80. The summed E-state index contributed by atoms with van der Waals surface area (Å²) in [5, 5.41) is 3.30. The van der Waals surface area contributed by atoms with Gasteiger partial charge < -0.3 is 10.1 Å². The lowest BCUT2D eigenvalue weighted by atomic mass is 10.1. The molecule has 0 radical (unpaired) electrons. The van der Waals surface area contributed by atoms with Crippen LogP contribution in [0.5, 0.6) is 5.75 Å². The Labute approximate surface area is 131 Å². The van der Waals surface area contributed by atoms with Gasteiger partial charge in [-0.2, -0.15) is 8.78 Å². The molecule has 2 aromatic rings. The molecule has 0 aliphatic heterocycles. The number of rotatable bonds is 6. The third-order valence-corrected chi connectivity index (χ3v) is 3.76. The zero-order chi connectivity index (χ0) is 16.1. The van der Waals surface area contributed by atoms with E-state index in [4.69, 9.17) is 0 Å². The molecule has 1 amide bonds. The van der Waals surface area contributed by atoms with Crippen molar-refractivity contribution in [2.45, 2.75) is 33.3 Å². The summed E-state index contributed by atoms with van der Waals surface area (Å²) in [6, 6.07) is 6.26. The maximum Gasteiger partial charge on any atom is 0.387 e. The van der Waals surface area contributed by atoms with E-state index in [9.17, 15) is 13.6 Å². The Morgan fingerprint density at radius 2 is 2.05 bits per heavy atom.